The third kappa shape index (κ3) is 3.82. The summed E-state index contributed by atoms with van der Waals surface area (Å²) in [5.74, 6) is 0. The number of benzene rings is 2. The van der Waals surface area contributed by atoms with E-state index in [4.69, 9.17) is 11.6 Å². The summed E-state index contributed by atoms with van der Waals surface area (Å²) in [5.41, 5.74) is 1.77. The van der Waals surface area contributed by atoms with Gasteiger partial charge in [0, 0.05) is 8.95 Å². The zero-order chi connectivity index (χ0) is 15.8. The summed E-state index contributed by atoms with van der Waals surface area (Å²) in [7, 11) is 0. The maximum absolute atomic E-state index is 12.6. The minimum Gasteiger partial charge on any atom is -0.166 e. The maximum atomic E-state index is 12.6. The topological polar surface area (TPSA) is 0 Å². The van der Waals surface area contributed by atoms with Crippen LogP contribution in [0.15, 0.2) is 45.3 Å². The third-order valence-corrected chi connectivity index (χ3v) is 5.11. The van der Waals surface area contributed by atoms with Crippen molar-refractivity contribution in [3.05, 3.63) is 67.6 Å². The fourth-order valence-electron chi connectivity index (χ4n) is 1.88. The molecule has 0 fully saturated rings. The monoisotopic (exact) mass is 440 g/mol. The molecule has 0 aliphatic carbocycles. The van der Waals surface area contributed by atoms with Crippen molar-refractivity contribution in [2.75, 3.05) is 0 Å². The Labute approximate surface area is 142 Å². The summed E-state index contributed by atoms with van der Waals surface area (Å²) < 4.78 is 39.4. The van der Waals surface area contributed by atoms with Crippen molar-refractivity contribution in [3.63, 3.8) is 0 Å². The maximum Gasteiger partial charge on any atom is 0.416 e. The number of alkyl halides is 4. The van der Waals surface area contributed by atoms with Crippen LogP contribution >= 0.6 is 43.5 Å². The Hall–Kier alpha value is -0.520. The lowest BCUT2D eigenvalue weighted by molar-refractivity contribution is -0.137. The number of aryl methyl sites for hydroxylation is 1. The van der Waals surface area contributed by atoms with Crippen molar-refractivity contribution < 1.29 is 13.2 Å². The van der Waals surface area contributed by atoms with Crippen LogP contribution in [-0.4, -0.2) is 0 Å². The summed E-state index contributed by atoms with van der Waals surface area (Å²) in [6.07, 6.45) is -4.34. The normalized spacial score (nSPS) is 13.3. The second kappa shape index (κ2) is 6.31. The SMILES string of the molecule is Cc1cc(Br)c(C(Cl)c2ccc(C(F)(F)F)cc2)cc1Br. The zero-order valence-corrected chi connectivity index (χ0v) is 14.7. The van der Waals surface area contributed by atoms with E-state index in [1.54, 1.807) is 0 Å². The summed E-state index contributed by atoms with van der Waals surface area (Å²) >= 11 is 13.3. The van der Waals surface area contributed by atoms with E-state index >= 15 is 0 Å². The van der Waals surface area contributed by atoms with Crippen LogP contribution in [0.2, 0.25) is 0 Å². The lowest BCUT2D eigenvalue weighted by atomic mass is 10.0. The molecule has 0 aromatic heterocycles. The van der Waals surface area contributed by atoms with Gasteiger partial charge >= 0.3 is 6.18 Å². The van der Waals surface area contributed by atoms with Gasteiger partial charge in [0.05, 0.1) is 10.9 Å². The quantitative estimate of drug-likeness (QED) is 0.446. The first kappa shape index (κ1) is 16.8. The molecular weight excluding hydrogens is 432 g/mol. The number of hydrogen-bond acceptors (Lipinski definition) is 0. The second-order valence-corrected chi connectivity index (χ2v) is 6.75. The lowest BCUT2D eigenvalue weighted by Crippen LogP contribution is -2.05. The molecule has 2 aromatic rings. The van der Waals surface area contributed by atoms with Crippen LogP contribution in [0.3, 0.4) is 0 Å². The van der Waals surface area contributed by atoms with Gasteiger partial charge in [-0.2, -0.15) is 13.2 Å². The van der Waals surface area contributed by atoms with Gasteiger partial charge in [-0.1, -0.05) is 44.0 Å². The van der Waals surface area contributed by atoms with E-state index < -0.39 is 17.1 Å². The molecule has 0 saturated heterocycles. The van der Waals surface area contributed by atoms with Crippen LogP contribution in [-0.2, 0) is 6.18 Å². The van der Waals surface area contributed by atoms with Crippen LogP contribution in [0.1, 0.15) is 27.6 Å². The van der Waals surface area contributed by atoms with E-state index in [1.165, 1.54) is 12.1 Å². The number of halogens is 6. The molecular formula is C15H10Br2ClF3. The first-order chi connectivity index (χ1) is 9.70. The van der Waals surface area contributed by atoms with E-state index in [9.17, 15) is 13.2 Å². The van der Waals surface area contributed by atoms with Crippen LogP contribution in [0, 0.1) is 6.92 Å². The van der Waals surface area contributed by atoms with Gasteiger partial charge in [0.25, 0.3) is 0 Å². The average Bonchev–Trinajstić information content (AvgIpc) is 2.41. The molecule has 0 N–H and O–H groups in total. The summed E-state index contributed by atoms with van der Waals surface area (Å²) in [5, 5.41) is -0.529. The molecule has 0 spiro atoms. The predicted molar refractivity (Wildman–Crippen MR) is 85.7 cm³/mol. The minimum absolute atomic E-state index is 0.529. The summed E-state index contributed by atoms with van der Waals surface area (Å²) in [4.78, 5) is 0. The second-order valence-electron chi connectivity index (χ2n) is 4.61. The molecule has 0 radical (unpaired) electrons. The van der Waals surface area contributed by atoms with Crippen molar-refractivity contribution in [2.24, 2.45) is 0 Å². The van der Waals surface area contributed by atoms with E-state index in [-0.39, 0.29) is 0 Å². The molecule has 0 bridgehead atoms. The summed E-state index contributed by atoms with van der Waals surface area (Å²) in [6.45, 7) is 1.94. The first-order valence-corrected chi connectivity index (χ1v) is 7.99. The van der Waals surface area contributed by atoms with Crippen molar-refractivity contribution in [3.8, 4) is 0 Å². The molecule has 0 amide bonds. The van der Waals surface area contributed by atoms with Gasteiger partial charge in [0.1, 0.15) is 0 Å². The van der Waals surface area contributed by atoms with Crippen LogP contribution in [0.25, 0.3) is 0 Å². The van der Waals surface area contributed by atoms with Crippen LogP contribution < -0.4 is 0 Å². The van der Waals surface area contributed by atoms with E-state index in [0.29, 0.717) is 5.56 Å². The molecule has 6 heteroatoms. The Kier molecular flexibility index (Phi) is 5.06. The number of hydrogen-bond donors (Lipinski definition) is 0. The Morgan fingerprint density at radius 1 is 1.00 bits per heavy atom. The zero-order valence-electron chi connectivity index (χ0n) is 10.8. The highest BCUT2D eigenvalue weighted by atomic mass is 79.9. The van der Waals surface area contributed by atoms with Crippen molar-refractivity contribution in [2.45, 2.75) is 18.5 Å². The van der Waals surface area contributed by atoms with Crippen molar-refractivity contribution in [1.82, 2.24) is 0 Å². The fraction of sp³-hybridized carbons (Fsp3) is 0.200. The van der Waals surface area contributed by atoms with E-state index in [1.807, 2.05) is 19.1 Å². The average molecular weight is 443 g/mol. The molecule has 0 heterocycles. The smallest absolute Gasteiger partial charge is 0.166 e. The molecule has 21 heavy (non-hydrogen) atoms. The van der Waals surface area contributed by atoms with Gasteiger partial charge < -0.3 is 0 Å². The molecule has 1 unspecified atom stereocenters. The Morgan fingerprint density at radius 2 is 1.57 bits per heavy atom. The van der Waals surface area contributed by atoms with E-state index in [0.717, 1.165) is 32.2 Å². The molecule has 0 nitrogen and oxygen atoms in total. The molecule has 2 rings (SSSR count). The molecule has 0 aliphatic heterocycles. The van der Waals surface area contributed by atoms with Crippen LogP contribution in [0.5, 0.6) is 0 Å². The van der Waals surface area contributed by atoms with Gasteiger partial charge in [-0.05, 0) is 47.9 Å². The van der Waals surface area contributed by atoms with Gasteiger partial charge in [0.2, 0.25) is 0 Å². The van der Waals surface area contributed by atoms with E-state index in [2.05, 4.69) is 31.9 Å². The molecule has 1 atom stereocenters. The highest BCUT2D eigenvalue weighted by molar-refractivity contribution is 9.11. The van der Waals surface area contributed by atoms with Gasteiger partial charge in [-0.15, -0.1) is 11.6 Å². The number of rotatable bonds is 2. The molecule has 112 valence electrons. The Morgan fingerprint density at radius 3 is 2.10 bits per heavy atom. The lowest BCUT2D eigenvalue weighted by Gasteiger charge is -2.15. The highest BCUT2D eigenvalue weighted by Crippen LogP contribution is 2.38. The Bertz CT molecular complexity index is 651. The standard InChI is InChI=1S/C15H10Br2ClF3/c1-8-6-13(17)11(7-12(8)16)14(18)9-2-4-10(5-3-9)15(19,20)21/h2-7,14H,1H3. The largest absolute Gasteiger partial charge is 0.416 e. The molecule has 0 aliphatic rings. The van der Waals surface area contributed by atoms with Gasteiger partial charge in [-0.3, -0.25) is 0 Å². The minimum atomic E-state index is -4.34. The predicted octanol–water partition coefficient (Wildman–Crippen LogP) is 6.87. The van der Waals surface area contributed by atoms with Gasteiger partial charge in [-0.25, -0.2) is 0 Å². The summed E-state index contributed by atoms with van der Waals surface area (Å²) in [6, 6.07) is 8.68. The fourth-order valence-corrected chi connectivity index (χ4v) is 3.38. The molecule has 2 aromatic carbocycles. The van der Waals surface area contributed by atoms with Gasteiger partial charge in [0.15, 0.2) is 0 Å². The third-order valence-electron chi connectivity index (χ3n) is 3.08. The van der Waals surface area contributed by atoms with Crippen molar-refractivity contribution >= 4 is 43.5 Å². The Balaban J connectivity index is 2.36. The van der Waals surface area contributed by atoms with Crippen molar-refractivity contribution in [1.29, 1.82) is 0 Å². The van der Waals surface area contributed by atoms with Crippen LogP contribution in [0.4, 0.5) is 13.2 Å². The molecule has 0 saturated carbocycles. The first-order valence-electron chi connectivity index (χ1n) is 5.97. The highest BCUT2D eigenvalue weighted by Gasteiger charge is 2.30.